The quantitative estimate of drug-likeness (QED) is 0.910. The number of carbonyl (C=O) groups is 1. The summed E-state index contributed by atoms with van der Waals surface area (Å²) in [5.74, 6) is -0.302. The van der Waals surface area contributed by atoms with Crippen molar-refractivity contribution in [3.05, 3.63) is 16.5 Å². The van der Waals surface area contributed by atoms with Crippen LogP contribution in [0.3, 0.4) is 0 Å². The first-order valence-electron chi connectivity index (χ1n) is 7.76. The molecular formula is C16H27N3OS. The highest BCUT2D eigenvalue weighted by atomic mass is 32.1. The number of primary amides is 1. The summed E-state index contributed by atoms with van der Waals surface area (Å²) in [6, 6.07) is 1.22. The molecule has 0 aliphatic heterocycles. The van der Waals surface area contributed by atoms with Gasteiger partial charge in [0.25, 0.3) is 5.91 Å². The Morgan fingerprint density at radius 2 is 1.86 bits per heavy atom. The zero-order valence-corrected chi connectivity index (χ0v) is 14.4. The average Bonchev–Trinajstić information content (AvgIpc) is 2.82. The number of anilines is 1. The lowest BCUT2D eigenvalue weighted by Gasteiger charge is -2.39. The van der Waals surface area contributed by atoms with Gasteiger partial charge in [-0.05, 0) is 64.6 Å². The third kappa shape index (κ3) is 3.40. The lowest BCUT2D eigenvalue weighted by molar-refractivity contribution is 0.100. The molecule has 0 atom stereocenters. The molecule has 118 valence electrons. The molecular weight excluding hydrogens is 282 g/mol. The van der Waals surface area contributed by atoms with Crippen LogP contribution in [0.15, 0.2) is 5.38 Å². The van der Waals surface area contributed by atoms with Gasteiger partial charge in [-0.3, -0.25) is 4.79 Å². The minimum absolute atomic E-state index is 0.302. The van der Waals surface area contributed by atoms with E-state index in [0.29, 0.717) is 12.1 Å². The van der Waals surface area contributed by atoms with Crippen molar-refractivity contribution in [1.82, 2.24) is 4.90 Å². The number of nitrogens with zero attached hydrogens (tertiary/aromatic N) is 2. The Bertz CT molecular complexity index is 490. The molecule has 5 heteroatoms. The number of hydrogen-bond donors (Lipinski definition) is 1. The number of rotatable bonds is 5. The second kappa shape index (κ2) is 6.79. The monoisotopic (exact) mass is 309 g/mol. The van der Waals surface area contributed by atoms with Crippen LogP contribution in [0.1, 0.15) is 48.5 Å². The first kappa shape index (κ1) is 16.3. The summed E-state index contributed by atoms with van der Waals surface area (Å²) in [4.78, 5) is 16.5. The van der Waals surface area contributed by atoms with Gasteiger partial charge in [0.1, 0.15) is 5.00 Å². The van der Waals surface area contributed by atoms with Crippen molar-refractivity contribution in [2.75, 3.05) is 25.5 Å². The van der Waals surface area contributed by atoms with Crippen LogP contribution in [-0.2, 0) is 0 Å². The van der Waals surface area contributed by atoms with Crippen molar-refractivity contribution in [1.29, 1.82) is 0 Å². The van der Waals surface area contributed by atoms with Crippen LogP contribution in [0.4, 0.5) is 5.00 Å². The highest BCUT2D eigenvalue weighted by Crippen LogP contribution is 2.36. The van der Waals surface area contributed by atoms with Gasteiger partial charge in [-0.2, -0.15) is 0 Å². The molecule has 2 rings (SSSR count). The molecule has 1 aromatic heterocycles. The normalized spacial score (nSPS) is 22.5. The van der Waals surface area contributed by atoms with Crippen molar-refractivity contribution in [2.45, 2.75) is 51.6 Å². The van der Waals surface area contributed by atoms with Gasteiger partial charge in [-0.15, -0.1) is 11.3 Å². The molecule has 1 amide bonds. The van der Waals surface area contributed by atoms with Crippen molar-refractivity contribution < 1.29 is 4.79 Å². The van der Waals surface area contributed by atoms with Gasteiger partial charge < -0.3 is 15.5 Å². The summed E-state index contributed by atoms with van der Waals surface area (Å²) in [5.41, 5.74) is 7.30. The number of hydrogen-bond acceptors (Lipinski definition) is 4. The zero-order chi connectivity index (χ0) is 15.6. The van der Waals surface area contributed by atoms with E-state index < -0.39 is 0 Å². The summed E-state index contributed by atoms with van der Waals surface area (Å²) in [7, 11) is 4.33. The topological polar surface area (TPSA) is 49.6 Å². The van der Waals surface area contributed by atoms with Crippen LogP contribution >= 0.6 is 11.3 Å². The van der Waals surface area contributed by atoms with E-state index in [1.54, 1.807) is 11.3 Å². The van der Waals surface area contributed by atoms with Crippen LogP contribution in [0.25, 0.3) is 0 Å². The Morgan fingerprint density at radius 3 is 2.33 bits per heavy atom. The first-order chi connectivity index (χ1) is 9.95. The SMILES string of the molecule is CCN(c1scc(C)c1C(N)=O)C1CCC(N(C)C)CC1. The van der Waals surface area contributed by atoms with Crippen LogP contribution < -0.4 is 10.6 Å². The summed E-state index contributed by atoms with van der Waals surface area (Å²) in [5, 5.41) is 3.11. The van der Waals surface area contributed by atoms with Crippen LogP contribution in [-0.4, -0.2) is 43.5 Å². The minimum Gasteiger partial charge on any atom is -0.365 e. The Morgan fingerprint density at radius 1 is 1.29 bits per heavy atom. The Balaban J connectivity index is 2.16. The molecule has 0 spiro atoms. The van der Waals surface area contributed by atoms with Gasteiger partial charge in [0.2, 0.25) is 0 Å². The molecule has 1 aliphatic rings. The largest absolute Gasteiger partial charge is 0.365 e. The van der Waals surface area contributed by atoms with Gasteiger partial charge in [-0.1, -0.05) is 0 Å². The maximum Gasteiger partial charge on any atom is 0.251 e. The summed E-state index contributed by atoms with van der Waals surface area (Å²) in [6.07, 6.45) is 4.83. The predicted molar refractivity (Wildman–Crippen MR) is 90.3 cm³/mol. The molecule has 1 aliphatic carbocycles. The summed E-state index contributed by atoms with van der Waals surface area (Å²) < 4.78 is 0. The van der Waals surface area contributed by atoms with E-state index in [2.05, 4.69) is 30.8 Å². The smallest absolute Gasteiger partial charge is 0.251 e. The van der Waals surface area contributed by atoms with Gasteiger partial charge in [-0.25, -0.2) is 0 Å². The van der Waals surface area contributed by atoms with Crippen LogP contribution in [0.2, 0.25) is 0 Å². The van der Waals surface area contributed by atoms with E-state index in [1.165, 1.54) is 25.7 Å². The molecule has 1 fully saturated rings. The van der Waals surface area contributed by atoms with Gasteiger partial charge in [0.15, 0.2) is 0 Å². The van der Waals surface area contributed by atoms with Gasteiger partial charge in [0, 0.05) is 18.6 Å². The van der Waals surface area contributed by atoms with Gasteiger partial charge >= 0.3 is 0 Å². The van der Waals surface area contributed by atoms with E-state index in [9.17, 15) is 4.79 Å². The van der Waals surface area contributed by atoms with Crippen molar-refractivity contribution >= 4 is 22.2 Å². The standard InChI is InChI=1S/C16H27N3OS/c1-5-19(13-8-6-12(7-9-13)18(3)4)16-14(15(17)20)11(2)10-21-16/h10,12-13H,5-9H2,1-4H3,(H2,17,20). The lowest BCUT2D eigenvalue weighted by Crippen LogP contribution is -2.42. The van der Waals surface area contributed by atoms with E-state index in [1.807, 2.05) is 12.3 Å². The number of aryl methyl sites for hydroxylation is 1. The highest BCUT2D eigenvalue weighted by molar-refractivity contribution is 7.14. The molecule has 1 saturated carbocycles. The number of amides is 1. The third-order valence-electron chi connectivity index (χ3n) is 4.64. The molecule has 2 N–H and O–H groups in total. The second-order valence-electron chi connectivity index (χ2n) is 6.18. The predicted octanol–water partition coefficient (Wildman–Crippen LogP) is 2.85. The fraction of sp³-hybridized carbons (Fsp3) is 0.688. The van der Waals surface area contributed by atoms with Crippen LogP contribution in [0, 0.1) is 6.92 Å². The fourth-order valence-electron chi connectivity index (χ4n) is 3.40. The zero-order valence-electron chi connectivity index (χ0n) is 13.6. The van der Waals surface area contributed by atoms with Crippen molar-refractivity contribution in [3.63, 3.8) is 0 Å². The first-order valence-corrected chi connectivity index (χ1v) is 8.64. The number of carbonyl (C=O) groups excluding carboxylic acids is 1. The van der Waals surface area contributed by atoms with E-state index in [-0.39, 0.29) is 5.91 Å². The van der Waals surface area contributed by atoms with Crippen LogP contribution in [0.5, 0.6) is 0 Å². The maximum atomic E-state index is 11.7. The fourth-order valence-corrected chi connectivity index (χ4v) is 4.59. The molecule has 21 heavy (non-hydrogen) atoms. The Labute approximate surface area is 131 Å². The van der Waals surface area contributed by atoms with E-state index in [0.717, 1.165) is 22.7 Å². The van der Waals surface area contributed by atoms with Gasteiger partial charge in [0.05, 0.1) is 5.56 Å². The molecule has 0 saturated heterocycles. The summed E-state index contributed by atoms with van der Waals surface area (Å²) in [6.45, 7) is 5.06. The molecule has 1 aromatic rings. The van der Waals surface area contributed by atoms with E-state index >= 15 is 0 Å². The second-order valence-corrected chi connectivity index (χ2v) is 7.03. The minimum atomic E-state index is -0.302. The summed E-state index contributed by atoms with van der Waals surface area (Å²) >= 11 is 1.65. The number of nitrogens with two attached hydrogens (primary N) is 1. The molecule has 0 radical (unpaired) electrons. The molecule has 4 nitrogen and oxygen atoms in total. The molecule has 0 unspecified atom stereocenters. The van der Waals surface area contributed by atoms with E-state index in [4.69, 9.17) is 5.73 Å². The third-order valence-corrected chi connectivity index (χ3v) is 5.77. The maximum absolute atomic E-state index is 11.7. The van der Waals surface area contributed by atoms with Crippen molar-refractivity contribution in [2.24, 2.45) is 5.73 Å². The molecule has 1 heterocycles. The highest BCUT2D eigenvalue weighted by Gasteiger charge is 2.29. The lowest BCUT2D eigenvalue weighted by atomic mass is 9.89. The molecule has 0 bridgehead atoms. The average molecular weight is 309 g/mol. The number of thiophene rings is 1. The Hall–Kier alpha value is -1.07. The molecule has 0 aromatic carbocycles. The van der Waals surface area contributed by atoms with Crippen molar-refractivity contribution in [3.8, 4) is 0 Å². The Kier molecular flexibility index (Phi) is 5.27.